The van der Waals surface area contributed by atoms with Crippen LogP contribution in [0, 0.1) is 10.8 Å². The van der Waals surface area contributed by atoms with Crippen molar-refractivity contribution in [2.75, 3.05) is 18.1 Å². The standard InChI is InChI=1S/C20H26ClN5OS/c1-19(2)8-15-9-20(3,11-19)12-25(15)16(27)10-28-18-24-23-17(26(18)22)13-4-6-14(21)7-5-13/h4-7,15H,8-12,22H2,1-3H3/t15-,20-/m0/s1. The van der Waals surface area contributed by atoms with Crippen molar-refractivity contribution < 1.29 is 4.79 Å². The topological polar surface area (TPSA) is 77.0 Å². The van der Waals surface area contributed by atoms with Gasteiger partial charge in [-0.25, -0.2) is 4.68 Å². The monoisotopic (exact) mass is 419 g/mol. The SMILES string of the molecule is CC1(C)C[C@H]2C[C@](C)(CN2C(=O)CSc2nnc(-c3ccc(Cl)cc3)n2N)C1. The van der Waals surface area contributed by atoms with Crippen molar-refractivity contribution in [2.45, 2.75) is 51.2 Å². The van der Waals surface area contributed by atoms with E-state index in [0.29, 0.717) is 33.2 Å². The number of nitrogen functional groups attached to an aromatic ring is 1. The lowest BCUT2D eigenvalue weighted by Gasteiger charge is -2.39. The number of carbonyl (C=O) groups excluding carboxylic acids is 1. The minimum Gasteiger partial charge on any atom is -0.338 e. The van der Waals surface area contributed by atoms with Gasteiger partial charge in [0, 0.05) is 23.2 Å². The van der Waals surface area contributed by atoms with Gasteiger partial charge in [-0.15, -0.1) is 10.2 Å². The van der Waals surface area contributed by atoms with E-state index in [4.69, 9.17) is 17.4 Å². The third kappa shape index (κ3) is 3.74. The van der Waals surface area contributed by atoms with Crippen LogP contribution >= 0.6 is 23.4 Å². The summed E-state index contributed by atoms with van der Waals surface area (Å²) in [5.74, 6) is 7.20. The number of halogens is 1. The Hall–Kier alpha value is -1.73. The number of nitrogens with two attached hydrogens (primary N) is 1. The van der Waals surface area contributed by atoms with Crippen LogP contribution in [0.4, 0.5) is 0 Å². The van der Waals surface area contributed by atoms with Crippen molar-refractivity contribution in [2.24, 2.45) is 10.8 Å². The second-order valence-electron chi connectivity index (χ2n) is 9.21. The highest BCUT2D eigenvalue weighted by Gasteiger charge is 2.50. The molecule has 0 spiro atoms. The van der Waals surface area contributed by atoms with Crippen molar-refractivity contribution in [3.8, 4) is 11.4 Å². The fourth-order valence-electron chi connectivity index (χ4n) is 5.13. The van der Waals surface area contributed by atoms with Crippen molar-refractivity contribution in [1.82, 2.24) is 19.8 Å². The average Bonchev–Trinajstić information content (AvgIpc) is 3.09. The van der Waals surface area contributed by atoms with E-state index in [2.05, 4.69) is 35.9 Å². The lowest BCUT2D eigenvalue weighted by atomic mass is 9.65. The first-order chi connectivity index (χ1) is 13.2. The van der Waals surface area contributed by atoms with E-state index >= 15 is 0 Å². The summed E-state index contributed by atoms with van der Waals surface area (Å²) < 4.78 is 1.44. The Labute approximate surface area is 174 Å². The van der Waals surface area contributed by atoms with Crippen LogP contribution in [0.3, 0.4) is 0 Å². The Morgan fingerprint density at radius 1 is 1.25 bits per heavy atom. The van der Waals surface area contributed by atoms with E-state index in [9.17, 15) is 4.79 Å². The number of benzene rings is 1. The van der Waals surface area contributed by atoms with Gasteiger partial charge < -0.3 is 10.7 Å². The number of fused-ring (bicyclic) bond motifs is 2. The normalized spacial score (nSPS) is 25.9. The highest BCUT2D eigenvalue weighted by Crippen LogP contribution is 2.52. The van der Waals surface area contributed by atoms with Gasteiger partial charge in [0.05, 0.1) is 5.75 Å². The van der Waals surface area contributed by atoms with Gasteiger partial charge in [0.25, 0.3) is 0 Å². The third-order valence-corrected chi connectivity index (χ3v) is 7.01. The summed E-state index contributed by atoms with van der Waals surface area (Å²) in [7, 11) is 0. The zero-order chi connectivity index (χ0) is 20.1. The van der Waals surface area contributed by atoms with E-state index in [0.717, 1.165) is 24.9 Å². The smallest absolute Gasteiger partial charge is 0.233 e. The number of hydrogen-bond acceptors (Lipinski definition) is 5. The van der Waals surface area contributed by atoms with E-state index in [-0.39, 0.29) is 11.3 Å². The second-order valence-corrected chi connectivity index (χ2v) is 10.6. The number of rotatable bonds is 4. The maximum Gasteiger partial charge on any atom is 0.233 e. The Morgan fingerprint density at radius 3 is 2.68 bits per heavy atom. The maximum absolute atomic E-state index is 12.9. The average molecular weight is 420 g/mol. The molecule has 2 fully saturated rings. The summed E-state index contributed by atoms with van der Waals surface area (Å²) in [4.78, 5) is 15.0. The number of aromatic nitrogens is 3. The van der Waals surface area contributed by atoms with Crippen LogP contribution in [0.15, 0.2) is 29.4 Å². The van der Waals surface area contributed by atoms with Crippen molar-refractivity contribution in [1.29, 1.82) is 0 Å². The fraction of sp³-hybridized carbons (Fsp3) is 0.550. The number of hydrogen-bond donors (Lipinski definition) is 1. The molecule has 1 aromatic carbocycles. The molecule has 2 aromatic rings. The molecule has 1 saturated heterocycles. The molecule has 150 valence electrons. The highest BCUT2D eigenvalue weighted by atomic mass is 35.5. The quantitative estimate of drug-likeness (QED) is 0.601. The Balaban J connectivity index is 1.43. The predicted molar refractivity (Wildman–Crippen MR) is 113 cm³/mol. The largest absolute Gasteiger partial charge is 0.338 e. The fourth-order valence-corrected chi connectivity index (χ4v) is 6.00. The second kappa shape index (κ2) is 6.95. The molecule has 1 aliphatic carbocycles. The van der Waals surface area contributed by atoms with Crippen molar-refractivity contribution >= 4 is 29.3 Å². The number of carbonyl (C=O) groups is 1. The molecule has 2 atom stereocenters. The molecule has 2 aliphatic rings. The van der Waals surface area contributed by atoms with Crippen LogP contribution in [0.5, 0.6) is 0 Å². The zero-order valence-corrected chi connectivity index (χ0v) is 18.1. The van der Waals surface area contributed by atoms with E-state index in [1.54, 1.807) is 12.1 Å². The van der Waals surface area contributed by atoms with Gasteiger partial charge >= 0.3 is 0 Å². The van der Waals surface area contributed by atoms with Gasteiger partial charge in [-0.05, 0) is 54.4 Å². The zero-order valence-electron chi connectivity index (χ0n) is 16.5. The van der Waals surface area contributed by atoms with Gasteiger partial charge in [0.2, 0.25) is 11.1 Å². The molecule has 28 heavy (non-hydrogen) atoms. The number of nitrogens with zero attached hydrogens (tertiary/aromatic N) is 4. The first-order valence-corrected chi connectivity index (χ1v) is 10.9. The Bertz CT molecular complexity index is 897. The first kappa shape index (κ1) is 19.6. The number of likely N-dealkylation sites (tertiary alicyclic amines) is 1. The Kier molecular flexibility index (Phi) is 4.86. The van der Waals surface area contributed by atoms with Crippen LogP contribution < -0.4 is 5.84 Å². The molecular formula is C20H26ClN5OS. The molecule has 2 N–H and O–H groups in total. The van der Waals surface area contributed by atoms with Crippen LogP contribution in [-0.4, -0.2) is 44.0 Å². The van der Waals surface area contributed by atoms with Gasteiger partial charge in [0.15, 0.2) is 5.82 Å². The summed E-state index contributed by atoms with van der Waals surface area (Å²) in [6.07, 6.45) is 3.36. The van der Waals surface area contributed by atoms with E-state index in [1.165, 1.54) is 22.9 Å². The van der Waals surface area contributed by atoms with Crippen LogP contribution in [-0.2, 0) is 4.79 Å². The lowest BCUT2D eigenvalue weighted by Crippen LogP contribution is -2.38. The molecule has 0 unspecified atom stereocenters. The van der Waals surface area contributed by atoms with Crippen LogP contribution in [0.1, 0.15) is 40.0 Å². The van der Waals surface area contributed by atoms with Gasteiger partial charge in [-0.1, -0.05) is 44.1 Å². The molecular weight excluding hydrogens is 394 g/mol. The minimum atomic E-state index is 0.160. The van der Waals surface area contributed by atoms with E-state index in [1.807, 2.05) is 12.1 Å². The highest BCUT2D eigenvalue weighted by molar-refractivity contribution is 7.99. The molecule has 1 aromatic heterocycles. The van der Waals surface area contributed by atoms with Gasteiger partial charge in [-0.3, -0.25) is 4.79 Å². The molecule has 1 amide bonds. The molecule has 8 heteroatoms. The van der Waals surface area contributed by atoms with Gasteiger partial charge in [-0.2, -0.15) is 0 Å². The van der Waals surface area contributed by atoms with Gasteiger partial charge in [0.1, 0.15) is 0 Å². The summed E-state index contributed by atoms with van der Waals surface area (Å²) in [6.45, 7) is 7.80. The molecule has 0 radical (unpaired) electrons. The van der Waals surface area contributed by atoms with E-state index < -0.39 is 0 Å². The van der Waals surface area contributed by atoms with Crippen LogP contribution in [0.2, 0.25) is 5.02 Å². The van der Waals surface area contributed by atoms with Crippen molar-refractivity contribution in [3.63, 3.8) is 0 Å². The number of amides is 1. The molecule has 6 nitrogen and oxygen atoms in total. The van der Waals surface area contributed by atoms with Crippen molar-refractivity contribution in [3.05, 3.63) is 29.3 Å². The molecule has 1 saturated carbocycles. The summed E-state index contributed by atoms with van der Waals surface area (Å²) in [5, 5.41) is 9.52. The predicted octanol–water partition coefficient (Wildman–Crippen LogP) is 3.83. The lowest BCUT2D eigenvalue weighted by molar-refractivity contribution is -0.129. The molecule has 1 aliphatic heterocycles. The maximum atomic E-state index is 12.9. The molecule has 2 bridgehead atoms. The first-order valence-electron chi connectivity index (χ1n) is 9.55. The summed E-state index contributed by atoms with van der Waals surface area (Å²) >= 11 is 7.28. The minimum absolute atomic E-state index is 0.160. The molecule has 2 heterocycles. The van der Waals surface area contributed by atoms with Crippen LogP contribution in [0.25, 0.3) is 11.4 Å². The number of thioether (sulfide) groups is 1. The summed E-state index contributed by atoms with van der Waals surface area (Å²) in [5.41, 5.74) is 1.37. The Morgan fingerprint density at radius 2 is 1.96 bits per heavy atom. The molecule has 4 rings (SSSR count). The summed E-state index contributed by atoms with van der Waals surface area (Å²) in [6, 6.07) is 7.62. The third-order valence-electron chi connectivity index (χ3n) is 5.83.